The van der Waals surface area contributed by atoms with Gasteiger partial charge in [-0.05, 0) is 30.3 Å². The van der Waals surface area contributed by atoms with E-state index in [4.69, 9.17) is 5.73 Å². The molecule has 1 aromatic heterocycles. The normalized spacial score (nSPS) is 11.3. The number of hydrogen-bond donors (Lipinski definition) is 2. The van der Waals surface area contributed by atoms with Crippen molar-refractivity contribution in [2.45, 2.75) is 6.36 Å². The van der Waals surface area contributed by atoms with Crippen LogP contribution in [0, 0.1) is 0 Å². The first-order valence-corrected chi connectivity index (χ1v) is 5.16. The van der Waals surface area contributed by atoms with Gasteiger partial charge in [-0.25, -0.2) is 0 Å². The second kappa shape index (κ2) is 4.68. The molecule has 0 saturated heterocycles. The first-order valence-electron chi connectivity index (χ1n) is 5.16. The van der Waals surface area contributed by atoms with Crippen molar-refractivity contribution in [3.63, 3.8) is 0 Å². The van der Waals surface area contributed by atoms with Crippen molar-refractivity contribution in [3.8, 4) is 22.8 Å². The summed E-state index contributed by atoms with van der Waals surface area (Å²) < 4.78 is 40.1. The molecule has 0 radical (unpaired) electrons. The molecule has 0 unspecified atom stereocenters. The van der Waals surface area contributed by atoms with Gasteiger partial charge in [0.15, 0.2) is 0 Å². The van der Waals surface area contributed by atoms with Crippen molar-refractivity contribution in [2.24, 2.45) is 0 Å². The summed E-state index contributed by atoms with van der Waals surface area (Å²) in [5.41, 5.74) is 6.29. The van der Waals surface area contributed by atoms with E-state index in [1.807, 2.05) is 0 Å². The Morgan fingerprint density at radius 2 is 1.89 bits per heavy atom. The van der Waals surface area contributed by atoms with Gasteiger partial charge in [0, 0.05) is 17.4 Å². The van der Waals surface area contributed by atoms with Gasteiger partial charge in [0.2, 0.25) is 0 Å². The molecule has 0 atom stereocenters. The summed E-state index contributed by atoms with van der Waals surface area (Å²) in [7, 11) is 0. The molecule has 2 rings (SSSR count). The Morgan fingerprint density at radius 1 is 1.16 bits per heavy atom. The molecule has 0 bridgehead atoms. The van der Waals surface area contributed by atoms with Crippen LogP contribution in [0.1, 0.15) is 0 Å². The molecular formula is C12H9F3N2O2. The van der Waals surface area contributed by atoms with E-state index in [-0.39, 0.29) is 17.0 Å². The van der Waals surface area contributed by atoms with Crippen LogP contribution in [0.5, 0.6) is 11.5 Å². The van der Waals surface area contributed by atoms with Crippen molar-refractivity contribution in [1.82, 2.24) is 4.98 Å². The average Bonchev–Trinajstić information content (AvgIpc) is 2.30. The number of halogens is 3. The SMILES string of the molecule is Nc1ccnc(-c2cc(OC(F)(F)F)ccc2O)c1. The topological polar surface area (TPSA) is 68.4 Å². The highest BCUT2D eigenvalue weighted by Crippen LogP contribution is 2.34. The van der Waals surface area contributed by atoms with E-state index in [1.165, 1.54) is 18.3 Å². The number of nitrogen functional groups attached to an aromatic ring is 1. The maximum Gasteiger partial charge on any atom is 0.573 e. The van der Waals surface area contributed by atoms with Crippen molar-refractivity contribution in [1.29, 1.82) is 0 Å². The van der Waals surface area contributed by atoms with Crippen LogP contribution in [-0.4, -0.2) is 16.5 Å². The standard InChI is InChI=1S/C12H9F3N2O2/c13-12(14,15)19-8-1-2-11(18)9(6-8)10-5-7(16)3-4-17-10/h1-6,18H,(H2,16,17). The number of nitrogens with zero attached hydrogens (tertiary/aromatic N) is 1. The number of aromatic hydroxyl groups is 1. The van der Waals surface area contributed by atoms with Gasteiger partial charge < -0.3 is 15.6 Å². The highest BCUT2D eigenvalue weighted by Gasteiger charge is 2.31. The molecule has 0 aliphatic carbocycles. The minimum Gasteiger partial charge on any atom is -0.507 e. The van der Waals surface area contributed by atoms with Crippen LogP contribution in [0.25, 0.3) is 11.3 Å². The lowest BCUT2D eigenvalue weighted by Gasteiger charge is -2.11. The maximum absolute atomic E-state index is 12.1. The predicted octanol–water partition coefficient (Wildman–Crippen LogP) is 2.94. The number of alkyl halides is 3. The summed E-state index contributed by atoms with van der Waals surface area (Å²) >= 11 is 0. The van der Waals surface area contributed by atoms with E-state index in [2.05, 4.69) is 9.72 Å². The summed E-state index contributed by atoms with van der Waals surface area (Å²) in [6.07, 6.45) is -3.40. The van der Waals surface area contributed by atoms with E-state index in [1.54, 1.807) is 0 Å². The smallest absolute Gasteiger partial charge is 0.507 e. The number of aromatic nitrogens is 1. The highest BCUT2D eigenvalue weighted by molar-refractivity contribution is 5.70. The van der Waals surface area contributed by atoms with Crippen molar-refractivity contribution < 1.29 is 23.0 Å². The van der Waals surface area contributed by atoms with Crippen LogP contribution in [0.3, 0.4) is 0 Å². The number of hydrogen-bond acceptors (Lipinski definition) is 4. The van der Waals surface area contributed by atoms with Gasteiger partial charge >= 0.3 is 6.36 Å². The minimum absolute atomic E-state index is 0.106. The number of ether oxygens (including phenoxy) is 1. The molecular weight excluding hydrogens is 261 g/mol. The Kier molecular flexibility index (Phi) is 3.20. The van der Waals surface area contributed by atoms with E-state index < -0.39 is 12.1 Å². The Labute approximate surface area is 106 Å². The Hall–Kier alpha value is -2.44. The number of pyridine rings is 1. The molecule has 100 valence electrons. The maximum atomic E-state index is 12.1. The summed E-state index contributed by atoms with van der Waals surface area (Å²) in [6.45, 7) is 0. The van der Waals surface area contributed by atoms with Crippen LogP contribution in [0.4, 0.5) is 18.9 Å². The molecule has 0 spiro atoms. The fraction of sp³-hybridized carbons (Fsp3) is 0.0833. The van der Waals surface area contributed by atoms with Gasteiger partial charge in [-0.2, -0.15) is 0 Å². The summed E-state index contributed by atoms with van der Waals surface area (Å²) in [4.78, 5) is 3.93. The van der Waals surface area contributed by atoms with Gasteiger partial charge in [0.25, 0.3) is 0 Å². The van der Waals surface area contributed by atoms with Crippen LogP contribution < -0.4 is 10.5 Å². The molecule has 1 aromatic carbocycles. The van der Waals surface area contributed by atoms with Gasteiger partial charge in [-0.1, -0.05) is 0 Å². The summed E-state index contributed by atoms with van der Waals surface area (Å²) in [5, 5.41) is 9.66. The molecule has 3 N–H and O–H groups in total. The second-order valence-electron chi connectivity index (χ2n) is 3.70. The Morgan fingerprint density at radius 3 is 2.53 bits per heavy atom. The molecule has 1 heterocycles. The molecule has 0 fully saturated rings. The summed E-state index contributed by atoms with van der Waals surface area (Å²) in [5.74, 6) is -0.655. The van der Waals surface area contributed by atoms with E-state index >= 15 is 0 Å². The number of phenols is 1. The zero-order valence-electron chi connectivity index (χ0n) is 9.48. The molecule has 2 aromatic rings. The van der Waals surface area contributed by atoms with Gasteiger partial charge in [0.1, 0.15) is 11.5 Å². The van der Waals surface area contributed by atoms with Crippen molar-refractivity contribution >= 4 is 5.69 Å². The third kappa shape index (κ3) is 3.27. The van der Waals surface area contributed by atoms with Gasteiger partial charge in [0.05, 0.1) is 5.69 Å². The van der Waals surface area contributed by atoms with Gasteiger partial charge in [-0.15, -0.1) is 13.2 Å². The number of anilines is 1. The fourth-order valence-electron chi connectivity index (χ4n) is 1.51. The van der Waals surface area contributed by atoms with E-state index in [9.17, 15) is 18.3 Å². The van der Waals surface area contributed by atoms with Crippen LogP contribution in [-0.2, 0) is 0 Å². The predicted molar refractivity (Wildman–Crippen MR) is 62.4 cm³/mol. The molecule has 0 amide bonds. The van der Waals surface area contributed by atoms with Gasteiger partial charge in [-0.3, -0.25) is 4.98 Å². The third-order valence-electron chi connectivity index (χ3n) is 2.26. The highest BCUT2D eigenvalue weighted by atomic mass is 19.4. The monoisotopic (exact) mass is 270 g/mol. The quantitative estimate of drug-likeness (QED) is 0.880. The lowest BCUT2D eigenvalue weighted by atomic mass is 10.1. The number of rotatable bonds is 2. The first-order chi connectivity index (χ1) is 8.85. The zero-order chi connectivity index (χ0) is 14.0. The van der Waals surface area contributed by atoms with Crippen molar-refractivity contribution in [3.05, 3.63) is 36.5 Å². The fourth-order valence-corrected chi connectivity index (χ4v) is 1.51. The van der Waals surface area contributed by atoms with E-state index in [0.29, 0.717) is 5.69 Å². The van der Waals surface area contributed by atoms with E-state index in [0.717, 1.165) is 18.2 Å². The molecule has 7 heteroatoms. The number of benzene rings is 1. The third-order valence-corrected chi connectivity index (χ3v) is 2.26. The zero-order valence-corrected chi connectivity index (χ0v) is 9.48. The minimum atomic E-state index is -4.79. The van der Waals surface area contributed by atoms with Crippen LogP contribution in [0.15, 0.2) is 36.5 Å². The largest absolute Gasteiger partial charge is 0.573 e. The molecule has 4 nitrogen and oxygen atoms in total. The Bertz CT molecular complexity index is 600. The summed E-state index contributed by atoms with van der Waals surface area (Å²) in [6, 6.07) is 6.12. The lowest BCUT2D eigenvalue weighted by molar-refractivity contribution is -0.274. The number of nitrogens with two attached hydrogens (primary N) is 1. The van der Waals surface area contributed by atoms with Crippen LogP contribution in [0.2, 0.25) is 0 Å². The molecule has 19 heavy (non-hydrogen) atoms. The average molecular weight is 270 g/mol. The lowest BCUT2D eigenvalue weighted by Crippen LogP contribution is -2.17. The molecule has 0 aliphatic heterocycles. The van der Waals surface area contributed by atoms with Crippen molar-refractivity contribution in [2.75, 3.05) is 5.73 Å². The molecule has 0 aliphatic rings. The second-order valence-corrected chi connectivity index (χ2v) is 3.70. The first kappa shape index (κ1) is 13.0. The Balaban J connectivity index is 2.43. The number of phenolic OH excluding ortho intramolecular Hbond substituents is 1. The van der Waals surface area contributed by atoms with Crippen LogP contribution >= 0.6 is 0 Å². The molecule has 0 saturated carbocycles.